The van der Waals surface area contributed by atoms with Gasteiger partial charge in [0.25, 0.3) is 10.1 Å². The highest BCUT2D eigenvalue weighted by molar-refractivity contribution is 7.85. The summed E-state index contributed by atoms with van der Waals surface area (Å²) in [7, 11) is -4.13. The Morgan fingerprint density at radius 1 is 1.00 bits per heavy atom. The van der Waals surface area contributed by atoms with Crippen molar-refractivity contribution in [1.82, 2.24) is 4.98 Å². The zero-order valence-electron chi connectivity index (χ0n) is 16.7. The fourth-order valence-electron chi connectivity index (χ4n) is 3.95. The van der Waals surface area contributed by atoms with Crippen LogP contribution in [0.25, 0.3) is 0 Å². The van der Waals surface area contributed by atoms with Crippen LogP contribution >= 0.6 is 0 Å². The first kappa shape index (κ1) is 20.4. The molecule has 6 nitrogen and oxygen atoms in total. The van der Waals surface area contributed by atoms with Crippen molar-refractivity contribution in [2.75, 3.05) is 10.7 Å². The molecule has 0 fully saturated rings. The Morgan fingerprint density at radius 3 is 2.23 bits per heavy atom. The molecule has 1 atom stereocenters. The van der Waals surface area contributed by atoms with Crippen LogP contribution in [0.5, 0.6) is 11.5 Å². The molecule has 7 heteroatoms. The monoisotopic (exact) mass is 424 g/mol. The van der Waals surface area contributed by atoms with Crippen LogP contribution in [0, 0.1) is 0 Å². The standard InChI is InChI=1S/C23H24N2O4S/c1-2-8-17-9-7-15-24-23(17)20(14-16-30(26,27)28)25-18-10-3-5-12-21(18)29-22-13-6-4-11-19(22)25/h3-7,9-13,15,20H,2,8,14,16H2,1H3,(H,26,27,28). The summed E-state index contributed by atoms with van der Waals surface area (Å²) in [5.41, 5.74) is 3.56. The van der Waals surface area contributed by atoms with Crippen molar-refractivity contribution < 1.29 is 17.7 Å². The number of hydrogen-bond acceptors (Lipinski definition) is 5. The average molecular weight is 425 g/mol. The second-order valence-electron chi connectivity index (χ2n) is 7.30. The van der Waals surface area contributed by atoms with E-state index in [0.29, 0.717) is 11.5 Å². The molecule has 2 heterocycles. The van der Waals surface area contributed by atoms with Crippen LogP contribution in [0.4, 0.5) is 11.4 Å². The summed E-state index contributed by atoms with van der Waals surface area (Å²) in [6.45, 7) is 2.10. The van der Waals surface area contributed by atoms with Gasteiger partial charge in [0.15, 0.2) is 11.5 Å². The third-order valence-electron chi connectivity index (χ3n) is 5.19. The van der Waals surface area contributed by atoms with E-state index < -0.39 is 10.1 Å². The van der Waals surface area contributed by atoms with Gasteiger partial charge in [0.2, 0.25) is 0 Å². The molecule has 1 aliphatic heterocycles. The molecule has 4 rings (SSSR count). The SMILES string of the molecule is CCCc1cccnc1C(CCS(=O)(=O)O)N1c2ccccc2Oc2ccccc21. The first-order chi connectivity index (χ1) is 14.5. The van der Waals surface area contributed by atoms with E-state index >= 15 is 0 Å². The predicted octanol–water partition coefficient (Wildman–Crippen LogP) is 5.30. The third kappa shape index (κ3) is 4.17. The van der Waals surface area contributed by atoms with Crippen LogP contribution in [-0.2, 0) is 16.5 Å². The Kier molecular flexibility index (Phi) is 5.74. The maximum Gasteiger partial charge on any atom is 0.264 e. The molecule has 0 aliphatic carbocycles. The van der Waals surface area contributed by atoms with Gasteiger partial charge in [-0.15, -0.1) is 0 Å². The summed E-state index contributed by atoms with van der Waals surface area (Å²) in [5.74, 6) is 1.03. The van der Waals surface area contributed by atoms with Crippen molar-refractivity contribution in [2.24, 2.45) is 0 Å². The van der Waals surface area contributed by atoms with Gasteiger partial charge in [0, 0.05) is 6.20 Å². The van der Waals surface area contributed by atoms with Crippen LogP contribution in [0.1, 0.15) is 37.1 Å². The van der Waals surface area contributed by atoms with Crippen LogP contribution in [0.3, 0.4) is 0 Å². The zero-order chi connectivity index (χ0) is 21.1. The molecule has 1 aromatic heterocycles. The highest BCUT2D eigenvalue weighted by Crippen LogP contribution is 2.50. The number of fused-ring (bicyclic) bond motifs is 2. The predicted molar refractivity (Wildman–Crippen MR) is 117 cm³/mol. The van der Waals surface area contributed by atoms with E-state index in [1.807, 2.05) is 60.7 Å². The minimum absolute atomic E-state index is 0.190. The summed E-state index contributed by atoms with van der Waals surface area (Å²) in [5, 5.41) is 0. The molecule has 156 valence electrons. The zero-order valence-corrected chi connectivity index (χ0v) is 17.5. The topological polar surface area (TPSA) is 79.7 Å². The number of rotatable bonds is 7. The fraction of sp³-hybridized carbons (Fsp3) is 0.261. The Labute approximate surface area is 176 Å². The molecule has 1 unspecified atom stereocenters. The molecule has 0 spiro atoms. The number of pyridine rings is 1. The maximum atomic E-state index is 11.6. The lowest BCUT2D eigenvalue weighted by Gasteiger charge is -2.38. The van der Waals surface area contributed by atoms with Gasteiger partial charge in [0.05, 0.1) is 28.9 Å². The number of aryl methyl sites for hydroxylation is 1. The Hall–Kier alpha value is -2.90. The molecular formula is C23H24N2O4S. The number of nitrogens with zero attached hydrogens (tertiary/aromatic N) is 2. The summed E-state index contributed by atoms with van der Waals surface area (Å²) < 4.78 is 38.9. The van der Waals surface area contributed by atoms with Crippen LogP contribution in [0.15, 0.2) is 66.9 Å². The van der Waals surface area contributed by atoms with Crippen molar-refractivity contribution in [1.29, 1.82) is 0 Å². The number of aromatic nitrogens is 1. The molecule has 0 saturated heterocycles. The Morgan fingerprint density at radius 2 is 1.63 bits per heavy atom. The van der Waals surface area contributed by atoms with Gasteiger partial charge in [-0.2, -0.15) is 8.42 Å². The van der Waals surface area contributed by atoms with Crippen LogP contribution in [0.2, 0.25) is 0 Å². The Balaban J connectivity index is 1.90. The van der Waals surface area contributed by atoms with Gasteiger partial charge < -0.3 is 9.64 Å². The molecule has 1 N–H and O–H groups in total. The molecule has 0 saturated carbocycles. The summed E-state index contributed by atoms with van der Waals surface area (Å²) in [6, 6.07) is 18.9. The lowest BCUT2D eigenvalue weighted by molar-refractivity contribution is 0.459. The van der Waals surface area contributed by atoms with Gasteiger partial charge in [-0.05, 0) is 48.7 Å². The van der Waals surface area contributed by atoms with E-state index in [9.17, 15) is 13.0 Å². The fourth-order valence-corrected chi connectivity index (χ4v) is 4.47. The van der Waals surface area contributed by atoms with Crippen molar-refractivity contribution in [3.63, 3.8) is 0 Å². The van der Waals surface area contributed by atoms with Crippen molar-refractivity contribution in [2.45, 2.75) is 32.2 Å². The summed E-state index contributed by atoms with van der Waals surface area (Å²) in [4.78, 5) is 6.74. The molecule has 2 aromatic carbocycles. The van der Waals surface area contributed by atoms with Gasteiger partial charge in [-0.3, -0.25) is 9.54 Å². The second-order valence-corrected chi connectivity index (χ2v) is 8.87. The maximum absolute atomic E-state index is 11.6. The smallest absolute Gasteiger partial charge is 0.264 e. The van der Waals surface area contributed by atoms with E-state index in [2.05, 4.69) is 16.8 Å². The van der Waals surface area contributed by atoms with Crippen LogP contribution < -0.4 is 9.64 Å². The number of benzene rings is 2. The van der Waals surface area contributed by atoms with Gasteiger partial charge in [0.1, 0.15) is 0 Å². The van der Waals surface area contributed by atoms with E-state index in [1.54, 1.807) is 6.20 Å². The van der Waals surface area contributed by atoms with Crippen molar-refractivity contribution in [3.05, 3.63) is 78.1 Å². The van der Waals surface area contributed by atoms with E-state index in [4.69, 9.17) is 4.74 Å². The molecule has 0 radical (unpaired) electrons. The quantitative estimate of drug-likeness (QED) is 0.519. The van der Waals surface area contributed by atoms with Gasteiger partial charge in [-0.25, -0.2) is 0 Å². The second kappa shape index (κ2) is 8.45. The number of para-hydroxylation sites is 4. The molecule has 30 heavy (non-hydrogen) atoms. The number of hydrogen-bond donors (Lipinski definition) is 1. The van der Waals surface area contributed by atoms with E-state index in [0.717, 1.165) is 35.5 Å². The molecule has 3 aromatic rings. The van der Waals surface area contributed by atoms with Gasteiger partial charge >= 0.3 is 0 Å². The first-order valence-electron chi connectivity index (χ1n) is 10.0. The number of anilines is 2. The van der Waals surface area contributed by atoms with Crippen molar-refractivity contribution >= 4 is 21.5 Å². The minimum Gasteiger partial charge on any atom is -0.453 e. The van der Waals surface area contributed by atoms with Gasteiger partial charge in [-0.1, -0.05) is 43.7 Å². The molecule has 0 bridgehead atoms. The lowest BCUT2D eigenvalue weighted by atomic mass is 9.98. The normalized spacial score (nSPS) is 13.9. The highest BCUT2D eigenvalue weighted by Gasteiger charge is 2.33. The van der Waals surface area contributed by atoms with E-state index in [1.165, 1.54) is 0 Å². The van der Waals surface area contributed by atoms with Crippen molar-refractivity contribution in [3.8, 4) is 11.5 Å². The number of ether oxygens (including phenoxy) is 1. The minimum atomic E-state index is -4.13. The lowest BCUT2D eigenvalue weighted by Crippen LogP contribution is -2.30. The summed E-state index contributed by atoms with van der Waals surface area (Å²) >= 11 is 0. The largest absolute Gasteiger partial charge is 0.453 e. The molecule has 1 aliphatic rings. The van der Waals surface area contributed by atoms with Crippen LogP contribution in [-0.4, -0.2) is 23.7 Å². The Bertz CT molecular complexity index is 1100. The average Bonchev–Trinajstić information content (AvgIpc) is 2.73. The summed E-state index contributed by atoms with van der Waals surface area (Å²) in [6.07, 6.45) is 3.70. The first-order valence-corrected chi connectivity index (χ1v) is 11.6. The van der Waals surface area contributed by atoms with E-state index in [-0.39, 0.29) is 18.2 Å². The third-order valence-corrected chi connectivity index (χ3v) is 5.94. The highest BCUT2D eigenvalue weighted by atomic mass is 32.2. The molecular weight excluding hydrogens is 400 g/mol. The molecule has 0 amide bonds.